The number of nitrogens with zero attached hydrogens (tertiary/aromatic N) is 1. The summed E-state index contributed by atoms with van der Waals surface area (Å²) in [4.78, 5) is 14.4. The Morgan fingerprint density at radius 3 is 3.00 bits per heavy atom. The summed E-state index contributed by atoms with van der Waals surface area (Å²) in [5, 5.41) is 7.62. The van der Waals surface area contributed by atoms with Gasteiger partial charge in [0.1, 0.15) is 11.4 Å². The highest BCUT2D eigenvalue weighted by Crippen LogP contribution is 2.29. The first kappa shape index (κ1) is 10.4. The first-order valence-electron chi connectivity index (χ1n) is 3.74. The third kappa shape index (κ3) is 4.80. The van der Waals surface area contributed by atoms with E-state index in [2.05, 4.69) is 4.98 Å². The number of aromatic nitrogens is 1. The zero-order valence-electron chi connectivity index (χ0n) is 6.90. The molecule has 3 nitrogen and oxygen atoms in total. The average molecular weight is 216 g/mol. The van der Waals surface area contributed by atoms with Crippen molar-refractivity contribution in [2.24, 2.45) is 0 Å². The monoisotopic (exact) mass is 216 g/mol. The molecule has 0 aliphatic carbocycles. The molecule has 1 aromatic heterocycles. The Labute approximate surface area is 84.3 Å². The summed E-state index contributed by atoms with van der Waals surface area (Å²) in [6, 6.07) is 5.70. The normalized spacial score (nSPS) is 9.85. The molecule has 0 unspecified atom stereocenters. The van der Waals surface area contributed by atoms with Crippen LogP contribution in [-0.2, 0) is 4.79 Å². The van der Waals surface area contributed by atoms with Crippen molar-refractivity contribution in [1.82, 2.24) is 4.98 Å². The van der Waals surface area contributed by atoms with Gasteiger partial charge in [0.25, 0.3) is 0 Å². The lowest BCUT2D eigenvalue weighted by molar-refractivity contribution is -0.136. The minimum Gasteiger partial charge on any atom is -0.565 e. The van der Waals surface area contributed by atoms with Crippen LogP contribution in [0.4, 0.5) is 0 Å². The van der Waals surface area contributed by atoms with Crippen molar-refractivity contribution in [3.63, 3.8) is 0 Å². The number of hydrogen-bond acceptors (Lipinski definition) is 4. The SMILES string of the molecule is O=C([OH2+])CCSSc1ccccn1. The zero-order valence-corrected chi connectivity index (χ0v) is 8.53. The summed E-state index contributed by atoms with van der Waals surface area (Å²) in [5.74, 6) is 0.165. The highest BCUT2D eigenvalue weighted by atomic mass is 33.1. The van der Waals surface area contributed by atoms with Gasteiger partial charge in [0.2, 0.25) is 0 Å². The predicted molar refractivity (Wildman–Crippen MR) is 55.8 cm³/mol. The van der Waals surface area contributed by atoms with Gasteiger partial charge in [-0.2, -0.15) is 0 Å². The topological polar surface area (TPSA) is 52.9 Å². The standard InChI is InChI=1S/C8H9NO2S2/c10-8(11)4-6-12-13-7-3-1-2-5-9-7/h1-3,5H,4,6H2,(H,10,11)/p+1. The number of pyridine rings is 1. The van der Waals surface area contributed by atoms with Crippen molar-refractivity contribution in [3.05, 3.63) is 24.4 Å². The number of carbonyl (C=O) groups is 1. The predicted octanol–water partition coefficient (Wildman–Crippen LogP) is 1.46. The average Bonchev–Trinajstić information content (AvgIpc) is 2.14. The molecular weight excluding hydrogens is 206 g/mol. The quantitative estimate of drug-likeness (QED) is 0.425. The minimum atomic E-state index is -0.505. The van der Waals surface area contributed by atoms with Crippen LogP contribution in [0.5, 0.6) is 0 Å². The highest BCUT2D eigenvalue weighted by molar-refractivity contribution is 8.76. The molecule has 0 bridgehead atoms. The molecule has 1 heterocycles. The third-order valence-corrected chi connectivity index (χ3v) is 3.46. The van der Waals surface area contributed by atoms with E-state index in [1.807, 2.05) is 18.2 Å². The van der Waals surface area contributed by atoms with Gasteiger partial charge in [0.05, 0.1) is 0 Å². The Kier molecular flexibility index (Phi) is 4.70. The molecule has 0 saturated carbocycles. The van der Waals surface area contributed by atoms with Crippen LogP contribution in [0.25, 0.3) is 0 Å². The van der Waals surface area contributed by atoms with Gasteiger partial charge in [-0.1, -0.05) is 16.9 Å². The van der Waals surface area contributed by atoms with Gasteiger partial charge in [0, 0.05) is 16.7 Å². The van der Waals surface area contributed by atoms with Crippen molar-refractivity contribution in [1.29, 1.82) is 0 Å². The summed E-state index contributed by atoms with van der Waals surface area (Å²) in [6.45, 7) is 0. The lowest BCUT2D eigenvalue weighted by atomic mass is 10.5. The first-order chi connectivity index (χ1) is 6.29. The number of hydrogen-bond donors (Lipinski definition) is 0. The Balaban J connectivity index is 2.17. The van der Waals surface area contributed by atoms with E-state index in [0.717, 1.165) is 5.03 Å². The second-order valence-electron chi connectivity index (χ2n) is 2.25. The second kappa shape index (κ2) is 5.88. The van der Waals surface area contributed by atoms with Crippen LogP contribution >= 0.6 is 21.6 Å². The molecule has 0 aliphatic heterocycles. The third-order valence-electron chi connectivity index (χ3n) is 1.19. The lowest BCUT2D eigenvalue weighted by Gasteiger charge is -1.95. The molecule has 0 atom stereocenters. The van der Waals surface area contributed by atoms with Crippen molar-refractivity contribution in [2.75, 3.05) is 5.75 Å². The van der Waals surface area contributed by atoms with Gasteiger partial charge >= 0.3 is 5.97 Å². The van der Waals surface area contributed by atoms with Gasteiger partial charge in [-0.3, -0.25) is 0 Å². The van der Waals surface area contributed by atoms with Gasteiger partial charge in [-0.25, -0.2) is 4.98 Å². The van der Waals surface area contributed by atoms with Crippen molar-refractivity contribution in [2.45, 2.75) is 11.4 Å². The van der Waals surface area contributed by atoms with E-state index in [4.69, 9.17) is 5.11 Å². The molecule has 0 spiro atoms. The molecule has 0 saturated heterocycles. The van der Waals surface area contributed by atoms with Crippen LogP contribution in [0.3, 0.4) is 0 Å². The van der Waals surface area contributed by atoms with Crippen molar-refractivity contribution < 1.29 is 9.90 Å². The molecule has 2 N–H and O–H groups in total. The molecule has 13 heavy (non-hydrogen) atoms. The maximum absolute atomic E-state index is 10.3. The Morgan fingerprint density at radius 2 is 2.38 bits per heavy atom. The van der Waals surface area contributed by atoms with Crippen LogP contribution in [0.1, 0.15) is 6.42 Å². The van der Waals surface area contributed by atoms with Crippen LogP contribution in [-0.4, -0.2) is 21.8 Å². The van der Waals surface area contributed by atoms with E-state index in [9.17, 15) is 4.79 Å². The smallest absolute Gasteiger partial charge is 0.516 e. The van der Waals surface area contributed by atoms with Gasteiger partial charge in [0.15, 0.2) is 0 Å². The van der Waals surface area contributed by atoms with Crippen LogP contribution in [0.15, 0.2) is 29.4 Å². The second-order valence-corrected chi connectivity index (χ2v) is 4.68. The summed E-state index contributed by atoms with van der Waals surface area (Å²) < 4.78 is 0. The van der Waals surface area contributed by atoms with E-state index in [1.54, 1.807) is 17.0 Å². The van der Waals surface area contributed by atoms with E-state index in [1.165, 1.54) is 10.8 Å². The molecule has 70 valence electrons. The van der Waals surface area contributed by atoms with E-state index < -0.39 is 5.97 Å². The van der Waals surface area contributed by atoms with Gasteiger partial charge < -0.3 is 5.11 Å². The fraction of sp³-hybridized carbons (Fsp3) is 0.250. The first-order valence-corrected chi connectivity index (χ1v) is 6.06. The van der Waals surface area contributed by atoms with E-state index in [0.29, 0.717) is 12.2 Å². The Bertz CT molecular complexity index is 266. The number of rotatable bonds is 5. The maximum Gasteiger partial charge on any atom is 0.516 e. The molecule has 1 aromatic rings. The largest absolute Gasteiger partial charge is 0.565 e. The van der Waals surface area contributed by atoms with Crippen LogP contribution < -0.4 is 0 Å². The summed E-state index contributed by atoms with van der Waals surface area (Å²) >= 11 is 0. The molecule has 0 amide bonds. The highest BCUT2D eigenvalue weighted by Gasteiger charge is 2.05. The Morgan fingerprint density at radius 1 is 1.54 bits per heavy atom. The van der Waals surface area contributed by atoms with E-state index in [-0.39, 0.29) is 0 Å². The fourth-order valence-electron chi connectivity index (χ4n) is 0.633. The molecule has 0 aromatic carbocycles. The minimum absolute atomic E-state index is 0.310. The molecule has 0 fully saturated rings. The summed E-state index contributed by atoms with van der Waals surface area (Å²) in [5.41, 5.74) is 0. The van der Waals surface area contributed by atoms with Crippen molar-refractivity contribution in [3.8, 4) is 0 Å². The van der Waals surface area contributed by atoms with Gasteiger partial charge in [-0.05, 0) is 22.9 Å². The molecule has 0 radical (unpaired) electrons. The van der Waals surface area contributed by atoms with Gasteiger partial charge in [-0.15, -0.1) is 0 Å². The number of carbonyl (C=O) groups excluding carboxylic acids is 1. The molecular formula is C8H10NO2S2+. The zero-order chi connectivity index (χ0) is 9.52. The van der Waals surface area contributed by atoms with E-state index >= 15 is 0 Å². The van der Waals surface area contributed by atoms with Crippen LogP contribution in [0, 0.1) is 0 Å². The summed E-state index contributed by atoms with van der Waals surface area (Å²) in [6.07, 6.45) is 2.04. The van der Waals surface area contributed by atoms with Crippen LogP contribution in [0.2, 0.25) is 0 Å². The molecule has 1 rings (SSSR count). The van der Waals surface area contributed by atoms with Crippen molar-refractivity contribution >= 4 is 27.6 Å². The summed E-state index contributed by atoms with van der Waals surface area (Å²) in [7, 11) is 3.08. The maximum atomic E-state index is 10.3. The lowest BCUT2D eigenvalue weighted by Crippen LogP contribution is -1.94. The molecule has 0 aliphatic rings. The molecule has 5 heteroatoms. The Hall–Kier alpha value is -0.680. The fourth-order valence-corrected chi connectivity index (χ4v) is 2.50.